The molecule has 1 aromatic heterocycles. The van der Waals surface area contributed by atoms with Crippen molar-refractivity contribution in [1.29, 1.82) is 0 Å². The number of rotatable bonds is 7. The lowest BCUT2D eigenvalue weighted by molar-refractivity contribution is 0.0843. The Hall–Kier alpha value is -2.65. The second kappa shape index (κ2) is 7.76. The number of hydrogen-bond donors (Lipinski definition) is 1. The first-order chi connectivity index (χ1) is 13.6. The van der Waals surface area contributed by atoms with Gasteiger partial charge in [-0.2, -0.15) is 0 Å². The predicted molar refractivity (Wildman–Crippen MR) is 101 cm³/mol. The van der Waals surface area contributed by atoms with Crippen molar-refractivity contribution in [3.63, 3.8) is 0 Å². The van der Waals surface area contributed by atoms with Gasteiger partial charge in [-0.25, -0.2) is 17.7 Å². The minimum absolute atomic E-state index is 0.0986. The zero-order valence-electron chi connectivity index (χ0n) is 15.2. The molecule has 2 aromatic rings. The van der Waals surface area contributed by atoms with Gasteiger partial charge in [-0.15, -0.1) is 0 Å². The number of nitrogens with one attached hydrogen (secondary N) is 1. The number of unbranched alkanes of at least 4 members (excludes halogenated alkanes) is 1. The Balaban J connectivity index is 1.20. The summed E-state index contributed by atoms with van der Waals surface area (Å²) < 4.78 is 37.3. The molecule has 9 heteroatoms. The Labute approximate surface area is 163 Å². The van der Waals surface area contributed by atoms with Crippen LogP contribution < -0.4 is 14.8 Å². The number of sulfonamides is 1. The van der Waals surface area contributed by atoms with Crippen molar-refractivity contribution in [2.45, 2.75) is 23.8 Å². The van der Waals surface area contributed by atoms with Gasteiger partial charge >= 0.3 is 0 Å². The SMILES string of the molecule is O=C1c2ccccc2S(=O)(=O)N1CCCCNCC1COc2cccnc2O1. The van der Waals surface area contributed by atoms with E-state index in [1.807, 2.05) is 6.07 Å². The van der Waals surface area contributed by atoms with Crippen molar-refractivity contribution in [1.82, 2.24) is 14.6 Å². The molecule has 0 fully saturated rings. The van der Waals surface area contributed by atoms with Gasteiger partial charge in [0.15, 0.2) is 5.75 Å². The molecule has 0 saturated carbocycles. The van der Waals surface area contributed by atoms with Crippen LogP contribution in [0.5, 0.6) is 11.6 Å². The monoisotopic (exact) mass is 403 g/mol. The third-order valence-corrected chi connectivity index (χ3v) is 6.53. The molecule has 2 aliphatic heterocycles. The minimum atomic E-state index is -3.71. The fraction of sp³-hybridized carbons (Fsp3) is 0.368. The highest BCUT2D eigenvalue weighted by atomic mass is 32.2. The highest BCUT2D eigenvalue weighted by Crippen LogP contribution is 2.30. The second-order valence-electron chi connectivity index (χ2n) is 6.65. The summed E-state index contributed by atoms with van der Waals surface area (Å²) in [5.41, 5.74) is 0.254. The lowest BCUT2D eigenvalue weighted by Crippen LogP contribution is -2.39. The summed E-state index contributed by atoms with van der Waals surface area (Å²) in [7, 11) is -3.71. The molecule has 0 spiro atoms. The zero-order valence-corrected chi connectivity index (χ0v) is 16.0. The normalized spacial score (nSPS) is 19.5. The molecule has 0 saturated heterocycles. The van der Waals surface area contributed by atoms with Crippen LogP contribution in [0.3, 0.4) is 0 Å². The Kier molecular flexibility index (Phi) is 5.19. The van der Waals surface area contributed by atoms with Crippen LogP contribution in [0.25, 0.3) is 0 Å². The van der Waals surface area contributed by atoms with Crippen LogP contribution in [0.15, 0.2) is 47.5 Å². The highest BCUT2D eigenvalue weighted by Gasteiger charge is 2.40. The number of fused-ring (bicyclic) bond motifs is 2. The average Bonchev–Trinajstić information content (AvgIpc) is 2.91. The summed E-state index contributed by atoms with van der Waals surface area (Å²) in [6, 6.07) is 9.94. The molecule has 28 heavy (non-hydrogen) atoms. The Morgan fingerprint density at radius 2 is 2.04 bits per heavy atom. The molecule has 2 aliphatic rings. The fourth-order valence-electron chi connectivity index (χ4n) is 3.27. The number of carbonyl (C=O) groups excluding carboxylic acids is 1. The lowest BCUT2D eigenvalue weighted by Gasteiger charge is -2.25. The number of pyridine rings is 1. The van der Waals surface area contributed by atoms with Gasteiger partial charge in [0.25, 0.3) is 21.8 Å². The van der Waals surface area contributed by atoms with Crippen LogP contribution in [0.4, 0.5) is 0 Å². The van der Waals surface area contributed by atoms with E-state index in [-0.39, 0.29) is 23.1 Å². The summed E-state index contributed by atoms with van der Waals surface area (Å²) in [5, 5.41) is 3.27. The van der Waals surface area contributed by atoms with Crippen molar-refractivity contribution in [3.05, 3.63) is 48.2 Å². The second-order valence-corrected chi connectivity index (χ2v) is 8.48. The maximum Gasteiger partial charge on any atom is 0.269 e. The molecule has 1 aromatic carbocycles. The van der Waals surface area contributed by atoms with Gasteiger partial charge in [0.1, 0.15) is 17.6 Å². The molecular weight excluding hydrogens is 382 g/mol. The smallest absolute Gasteiger partial charge is 0.269 e. The van der Waals surface area contributed by atoms with E-state index in [4.69, 9.17) is 9.47 Å². The van der Waals surface area contributed by atoms with E-state index in [0.717, 1.165) is 10.7 Å². The van der Waals surface area contributed by atoms with Crippen LogP contribution in [0.2, 0.25) is 0 Å². The van der Waals surface area contributed by atoms with E-state index in [0.29, 0.717) is 37.7 Å². The quantitative estimate of drug-likeness (QED) is 0.699. The standard InChI is InChI=1S/C19H21N3O5S/c23-19-15-6-1-2-8-17(15)28(24,25)22(19)11-4-3-9-20-12-14-13-26-16-7-5-10-21-18(16)27-14/h1-2,5-8,10,14,20H,3-4,9,11-13H2. The first-order valence-electron chi connectivity index (χ1n) is 9.18. The third-order valence-electron chi connectivity index (χ3n) is 4.69. The summed E-state index contributed by atoms with van der Waals surface area (Å²) in [5.74, 6) is 0.705. The molecule has 8 nitrogen and oxygen atoms in total. The number of hydrogen-bond acceptors (Lipinski definition) is 7. The van der Waals surface area contributed by atoms with Crippen LogP contribution in [-0.2, 0) is 10.0 Å². The van der Waals surface area contributed by atoms with Gasteiger partial charge in [0.05, 0.1) is 5.56 Å². The first-order valence-corrected chi connectivity index (χ1v) is 10.6. The van der Waals surface area contributed by atoms with E-state index >= 15 is 0 Å². The molecule has 1 atom stereocenters. The third kappa shape index (κ3) is 3.55. The van der Waals surface area contributed by atoms with Gasteiger partial charge in [-0.1, -0.05) is 12.1 Å². The lowest BCUT2D eigenvalue weighted by atomic mass is 10.2. The summed E-state index contributed by atoms with van der Waals surface area (Å²) in [6.07, 6.45) is 2.85. The number of carbonyl (C=O) groups is 1. The Bertz CT molecular complexity index is 979. The van der Waals surface area contributed by atoms with E-state index in [1.165, 1.54) is 6.07 Å². The van der Waals surface area contributed by atoms with Crippen molar-refractivity contribution in [2.24, 2.45) is 0 Å². The zero-order chi connectivity index (χ0) is 19.6. The van der Waals surface area contributed by atoms with E-state index in [2.05, 4.69) is 10.3 Å². The number of benzene rings is 1. The maximum absolute atomic E-state index is 12.5. The molecule has 3 heterocycles. The van der Waals surface area contributed by atoms with Gasteiger partial charge in [-0.3, -0.25) is 4.79 Å². The predicted octanol–water partition coefficient (Wildman–Crippen LogP) is 1.44. The molecular formula is C19H21N3O5S. The minimum Gasteiger partial charge on any atom is -0.484 e. The van der Waals surface area contributed by atoms with E-state index < -0.39 is 15.9 Å². The molecule has 1 amide bonds. The number of aromatic nitrogens is 1. The largest absolute Gasteiger partial charge is 0.484 e. The Morgan fingerprint density at radius 3 is 2.89 bits per heavy atom. The number of nitrogens with zero attached hydrogens (tertiary/aromatic N) is 2. The maximum atomic E-state index is 12.5. The fourth-order valence-corrected chi connectivity index (χ4v) is 4.88. The molecule has 0 aliphatic carbocycles. The molecule has 0 bridgehead atoms. The molecule has 1 unspecified atom stereocenters. The number of amides is 1. The van der Waals surface area contributed by atoms with Crippen LogP contribution >= 0.6 is 0 Å². The topological polar surface area (TPSA) is 97.8 Å². The van der Waals surface area contributed by atoms with E-state index in [1.54, 1.807) is 30.5 Å². The summed E-state index contributed by atoms with van der Waals surface area (Å²) in [6.45, 7) is 1.91. The molecule has 1 N–H and O–H groups in total. The van der Waals surface area contributed by atoms with Crippen molar-refractivity contribution in [2.75, 3.05) is 26.2 Å². The van der Waals surface area contributed by atoms with Crippen molar-refractivity contribution in [3.8, 4) is 11.6 Å². The van der Waals surface area contributed by atoms with Gasteiger partial charge in [0, 0.05) is 19.3 Å². The van der Waals surface area contributed by atoms with Crippen LogP contribution in [0, 0.1) is 0 Å². The van der Waals surface area contributed by atoms with Gasteiger partial charge in [-0.05, 0) is 43.7 Å². The van der Waals surface area contributed by atoms with Crippen LogP contribution in [0.1, 0.15) is 23.2 Å². The molecule has 148 valence electrons. The molecule has 0 radical (unpaired) electrons. The van der Waals surface area contributed by atoms with Crippen LogP contribution in [-0.4, -0.2) is 56.0 Å². The summed E-state index contributed by atoms with van der Waals surface area (Å²) >= 11 is 0. The first kappa shape index (κ1) is 18.7. The van der Waals surface area contributed by atoms with Crippen molar-refractivity contribution < 1.29 is 22.7 Å². The average molecular weight is 403 g/mol. The van der Waals surface area contributed by atoms with Gasteiger partial charge < -0.3 is 14.8 Å². The van der Waals surface area contributed by atoms with Gasteiger partial charge in [0.2, 0.25) is 0 Å². The summed E-state index contributed by atoms with van der Waals surface area (Å²) in [4.78, 5) is 16.6. The highest BCUT2D eigenvalue weighted by molar-refractivity contribution is 7.90. The number of ether oxygens (including phenoxy) is 2. The van der Waals surface area contributed by atoms with E-state index in [9.17, 15) is 13.2 Å². The van der Waals surface area contributed by atoms with Crippen molar-refractivity contribution >= 4 is 15.9 Å². The Morgan fingerprint density at radius 1 is 1.18 bits per heavy atom. The molecule has 4 rings (SSSR count).